The van der Waals surface area contributed by atoms with Crippen molar-refractivity contribution in [1.29, 1.82) is 0 Å². The first-order valence-corrected chi connectivity index (χ1v) is 7.38. The van der Waals surface area contributed by atoms with Crippen LogP contribution in [0.1, 0.15) is 31.0 Å². The van der Waals surface area contributed by atoms with Gasteiger partial charge in [0.1, 0.15) is 5.75 Å². The maximum Gasteiger partial charge on any atom is 0.115 e. The second kappa shape index (κ2) is 7.81. The zero-order valence-electron chi connectivity index (χ0n) is 12.6. The van der Waals surface area contributed by atoms with E-state index in [1.165, 1.54) is 5.56 Å². The fraction of sp³-hybridized carbons (Fsp3) is 0.333. The average molecular weight is 285 g/mol. The number of benzene rings is 2. The van der Waals surface area contributed by atoms with Crippen molar-refractivity contribution >= 4 is 0 Å². The third kappa shape index (κ3) is 4.59. The lowest BCUT2D eigenvalue weighted by atomic mass is 9.98. The molecule has 21 heavy (non-hydrogen) atoms. The van der Waals surface area contributed by atoms with E-state index in [4.69, 9.17) is 4.74 Å². The molecule has 0 amide bonds. The van der Waals surface area contributed by atoms with Crippen LogP contribution in [0.4, 0.5) is 0 Å². The Morgan fingerprint density at radius 3 is 2.24 bits per heavy atom. The lowest BCUT2D eigenvalue weighted by Gasteiger charge is -2.24. The summed E-state index contributed by atoms with van der Waals surface area (Å²) in [5, 5.41) is 13.1. The molecule has 0 heterocycles. The van der Waals surface area contributed by atoms with Gasteiger partial charge in [-0.1, -0.05) is 42.5 Å². The van der Waals surface area contributed by atoms with E-state index in [1.54, 1.807) is 12.1 Å². The summed E-state index contributed by atoms with van der Waals surface area (Å²) in [4.78, 5) is 0. The van der Waals surface area contributed by atoms with Gasteiger partial charge in [-0.3, -0.25) is 0 Å². The molecule has 0 aromatic heterocycles. The maximum absolute atomic E-state index is 9.47. The number of aromatic hydroxyl groups is 1. The van der Waals surface area contributed by atoms with Crippen molar-refractivity contribution < 1.29 is 9.84 Å². The Balaban J connectivity index is 2.20. The molecule has 0 bridgehead atoms. The van der Waals surface area contributed by atoms with Crippen molar-refractivity contribution in [1.82, 2.24) is 5.32 Å². The van der Waals surface area contributed by atoms with E-state index < -0.39 is 0 Å². The van der Waals surface area contributed by atoms with Crippen molar-refractivity contribution in [3.05, 3.63) is 65.7 Å². The fourth-order valence-electron chi connectivity index (χ4n) is 2.32. The summed E-state index contributed by atoms with van der Waals surface area (Å²) in [5.41, 5.74) is 2.33. The van der Waals surface area contributed by atoms with Gasteiger partial charge in [-0.25, -0.2) is 0 Å². The molecule has 0 aliphatic rings. The molecule has 0 aliphatic carbocycles. The molecule has 0 spiro atoms. The van der Waals surface area contributed by atoms with E-state index in [2.05, 4.69) is 24.4 Å². The largest absolute Gasteiger partial charge is 0.508 e. The molecule has 2 N–H and O–H groups in total. The molecular weight excluding hydrogens is 262 g/mol. The SMILES string of the molecule is CCOCC(C)NC(c1ccccc1)c1ccc(O)cc1. The Kier molecular flexibility index (Phi) is 5.78. The Morgan fingerprint density at radius 2 is 1.62 bits per heavy atom. The van der Waals surface area contributed by atoms with Crippen LogP contribution in [-0.2, 0) is 4.74 Å². The number of phenols is 1. The van der Waals surface area contributed by atoms with Crippen LogP contribution in [0.25, 0.3) is 0 Å². The van der Waals surface area contributed by atoms with Gasteiger partial charge in [0, 0.05) is 12.6 Å². The lowest BCUT2D eigenvalue weighted by Crippen LogP contribution is -2.34. The van der Waals surface area contributed by atoms with E-state index in [0.717, 1.165) is 12.2 Å². The Morgan fingerprint density at radius 1 is 1.00 bits per heavy atom. The number of ether oxygens (including phenoxy) is 1. The van der Waals surface area contributed by atoms with E-state index in [9.17, 15) is 5.11 Å². The van der Waals surface area contributed by atoms with Gasteiger partial charge in [-0.2, -0.15) is 0 Å². The third-order valence-electron chi connectivity index (χ3n) is 3.38. The molecule has 3 nitrogen and oxygen atoms in total. The summed E-state index contributed by atoms with van der Waals surface area (Å²) in [6.45, 7) is 5.52. The van der Waals surface area contributed by atoms with Crippen LogP contribution in [0, 0.1) is 0 Å². The minimum absolute atomic E-state index is 0.0854. The van der Waals surface area contributed by atoms with Crippen molar-refractivity contribution in [2.45, 2.75) is 25.9 Å². The third-order valence-corrected chi connectivity index (χ3v) is 3.38. The molecule has 112 valence electrons. The summed E-state index contributed by atoms with van der Waals surface area (Å²) < 4.78 is 5.48. The van der Waals surface area contributed by atoms with Crippen LogP contribution in [0.5, 0.6) is 5.75 Å². The van der Waals surface area contributed by atoms with Gasteiger partial charge >= 0.3 is 0 Å². The maximum atomic E-state index is 9.47. The zero-order valence-corrected chi connectivity index (χ0v) is 12.6. The highest BCUT2D eigenvalue weighted by atomic mass is 16.5. The lowest BCUT2D eigenvalue weighted by molar-refractivity contribution is 0.125. The Hall–Kier alpha value is -1.84. The first-order chi connectivity index (χ1) is 10.2. The van der Waals surface area contributed by atoms with Crippen molar-refractivity contribution in [3.63, 3.8) is 0 Å². The summed E-state index contributed by atoms with van der Waals surface area (Å²) in [5.74, 6) is 0.285. The number of hydrogen-bond acceptors (Lipinski definition) is 3. The second-order valence-corrected chi connectivity index (χ2v) is 5.16. The van der Waals surface area contributed by atoms with Crippen molar-refractivity contribution in [3.8, 4) is 5.75 Å². The highest BCUT2D eigenvalue weighted by molar-refractivity contribution is 5.35. The number of phenolic OH excluding ortho intramolecular Hbond substituents is 1. The van der Waals surface area contributed by atoms with Crippen LogP contribution >= 0.6 is 0 Å². The van der Waals surface area contributed by atoms with Crippen LogP contribution in [0.2, 0.25) is 0 Å². The van der Waals surface area contributed by atoms with Crippen molar-refractivity contribution in [2.24, 2.45) is 0 Å². The highest BCUT2D eigenvalue weighted by Crippen LogP contribution is 2.24. The monoisotopic (exact) mass is 285 g/mol. The molecular formula is C18H23NO2. The van der Waals surface area contributed by atoms with Crippen LogP contribution in [0.3, 0.4) is 0 Å². The second-order valence-electron chi connectivity index (χ2n) is 5.16. The topological polar surface area (TPSA) is 41.5 Å². The first kappa shape index (κ1) is 15.5. The normalized spacial score (nSPS) is 13.8. The van der Waals surface area contributed by atoms with E-state index >= 15 is 0 Å². The van der Waals surface area contributed by atoms with E-state index in [-0.39, 0.29) is 17.8 Å². The summed E-state index contributed by atoms with van der Waals surface area (Å²) in [6.07, 6.45) is 0. The summed E-state index contributed by atoms with van der Waals surface area (Å²) >= 11 is 0. The number of hydrogen-bond donors (Lipinski definition) is 2. The van der Waals surface area contributed by atoms with Gasteiger partial charge in [-0.15, -0.1) is 0 Å². The molecule has 2 atom stereocenters. The van der Waals surface area contributed by atoms with E-state index in [1.807, 2.05) is 37.3 Å². The minimum Gasteiger partial charge on any atom is -0.508 e. The fourth-order valence-corrected chi connectivity index (χ4v) is 2.32. The molecule has 2 rings (SSSR count). The van der Waals surface area contributed by atoms with Crippen LogP contribution in [-0.4, -0.2) is 24.4 Å². The van der Waals surface area contributed by atoms with Crippen molar-refractivity contribution in [2.75, 3.05) is 13.2 Å². The highest BCUT2D eigenvalue weighted by Gasteiger charge is 2.16. The van der Waals surface area contributed by atoms with Gasteiger partial charge in [0.05, 0.1) is 12.6 Å². The molecule has 2 unspecified atom stereocenters. The predicted octanol–water partition coefficient (Wildman–Crippen LogP) is 3.50. The summed E-state index contributed by atoms with van der Waals surface area (Å²) in [7, 11) is 0. The van der Waals surface area contributed by atoms with Gasteiger partial charge in [0.25, 0.3) is 0 Å². The van der Waals surface area contributed by atoms with Gasteiger partial charge in [0.2, 0.25) is 0 Å². The molecule has 2 aromatic carbocycles. The quantitative estimate of drug-likeness (QED) is 0.818. The molecule has 0 saturated heterocycles. The van der Waals surface area contributed by atoms with Crippen LogP contribution < -0.4 is 5.32 Å². The molecule has 0 fully saturated rings. The van der Waals surface area contributed by atoms with E-state index in [0.29, 0.717) is 6.61 Å². The standard InChI is InChI=1S/C18H23NO2/c1-3-21-13-14(2)19-18(15-7-5-4-6-8-15)16-9-11-17(20)12-10-16/h4-12,14,18-20H,3,13H2,1-2H3. The minimum atomic E-state index is 0.0854. The summed E-state index contributed by atoms with van der Waals surface area (Å²) in [6, 6.07) is 18.0. The van der Waals surface area contributed by atoms with Gasteiger partial charge in [0.15, 0.2) is 0 Å². The first-order valence-electron chi connectivity index (χ1n) is 7.38. The zero-order chi connectivity index (χ0) is 15.1. The molecule has 0 aliphatic heterocycles. The number of nitrogens with one attached hydrogen (secondary N) is 1. The van der Waals surface area contributed by atoms with Gasteiger partial charge < -0.3 is 15.2 Å². The smallest absolute Gasteiger partial charge is 0.115 e. The molecule has 2 aromatic rings. The van der Waals surface area contributed by atoms with Gasteiger partial charge in [-0.05, 0) is 37.1 Å². The Labute approximate surface area is 126 Å². The molecule has 0 radical (unpaired) electrons. The predicted molar refractivity (Wildman–Crippen MR) is 85.5 cm³/mol. The molecule has 0 saturated carbocycles. The molecule has 3 heteroatoms. The number of rotatable bonds is 7. The average Bonchev–Trinajstić information content (AvgIpc) is 2.52. The van der Waals surface area contributed by atoms with Crippen LogP contribution in [0.15, 0.2) is 54.6 Å². The Bertz CT molecular complexity index is 525.